The summed E-state index contributed by atoms with van der Waals surface area (Å²) < 4.78 is 49.9. The van der Waals surface area contributed by atoms with E-state index in [2.05, 4.69) is 15.3 Å². The van der Waals surface area contributed by atoms with Crippen LogP contribution in [-0.4, -0.2) is 30.2 Å². The molecule has 0 spiro atoms. The van der Waals surface area contributed by atoms with Crippen LogP contribution in [0.3, 0.4) is 0 Å². The van der Waals surface area contributed by atoms with E-state index in [1.165, 1.54) is 13.2 Å². The Morgan fingerprint density at radius 3 is 2.55 bits per heavy atom. The molecule has 1 aromatic carbocycles. The fourth-order valence-corrected chi connectivity index (χ4v) is 2.64. The maximum absolute atomic E-state index is 13.1. The lowest BCUT2D eigenvalue weighted by Gasteiger charge is -2.15. The molecule has 152 valence electrons. The van der Waals surface area contributed by atoms with E-state index in [1.807, 2.05) is 30.3 Å². The van der Waals surface area contributed by atoms with Crippen molar-refractivity contribution in [3.05, 3.63) is 72.1 Å². The van der Waals surface area contributed by atoms with Crippen LogP contribution in [0.5, 0.6) is 5.88 Å². The topological polar surface area (TPSA) is 56.3 Å². The summed E-state index contributed by atoms with van der Waals surface area (Å²) >= 11 is 0. The molecule has 1 N–H and O–H groups in total. The van der Waals surface area contributed by atoms with Crippen LogP contribution in [0.25, 0.3) is 11.1 Å². The molecule has 0 amide bonds. The number of hydrogen-bond acceptors (Lipinski definition) is 5. The van der Waals surface area contributed by atoms with Crippen molar-refractivity contribution in [2.75, 3.05) is 25.6 Å². The summed E-state index contributed by atoms with van der Waals surface area (Å²) in [4.78, 5) is 7.94. The van der Waals surface area contributed by atoms with Crippen molar-refractivity contribution in [1.29, 1.82) is 0 Å². The predicted molar refractivity (Wildman–Crippen MR) is 104 cm³/mol. The zero-order valence-corrected chi connectivity index (χ0v) is 15.7. The van der Waals surface area contributed by atoms with Gasteiger partial charge in [0.15, 0.2) is 0 Å². The molecule has 0 atom stereocenters. The fourth-order valence-electron chi connectivity index (χ4n) is 2.64. The van der Waals surface area contributed by atoms with Crippen LogP contribution >= 0.6 is 0 Å². The van der Waals surface area contributed by atoms with Crippen LogP contribution in [0.1, 0.15) is 11.3 Å². The molecule has 0 bridgehead atoms. The van der Waals surface area contributed by atoms with E-state index in [4.69, 9.17) is 9.47 Å². The first-order chi connectivity index (χ1) is 14.0. The van der Waals surface area contributed by atoms with E-state index >= 15 is 0 Å². The van der Waals surface area contributed by atoms with Gasteiger partial charge in [0.2, 0.25) is 5.88 Å². The fraction of sp³-hybridized carbons (Fsp3) is 0.238. The van der Waals surface area contributed by atoms with Gasteiger partial charge in [0.25, 0.3) is 0 Å². The molecule has 0 aliphatic heterocycles. The minimum Gasteiger partial charge on any atom is -0.473 e. The van der Waals surface area contributed by atoms with Crippen LogP contribution in [0.4, 0.5) is 19.0 Å². The molecule has 0 fully saturated rings. The van der Waals surface area contributed by atoms with Crippen molar-refractivity contribution < 1.29 is 22.6 Å². The number of nitrogens with zero attached hydrogens (tertiary/aromatic N) is 2. The summed E-state index contributed by atoms with van der Waals surface area (Å²) in [6.45, 7) is 0.987. The molecule has 5 nitrogen and oxygen atoms in total. The number of alkyl halides is 3. The summed E-state index contributed by atoms with van der Waals surface area (Å²) in [6.07, 6.45) is -2.98. The Bertz CT molecular complexity index is 934. The lowest BCUT2D eigenvalue weighted by Crippen LogP contribution is -2.14. The van der Waals surface area contributed by atoms with Gasteiger partial charge in [-0.15, -0.1) is 0 Å². The monoisotopic (exact) mass is 403 g/mol. The van der Waals surface area contributed by atoms with Gasteiger partial charge in [-0.05, 0) is 29.3 Å². The van der Waals surface area contributed by atoms with E-state index in [0.717, 1.165) is 11.6 Å². The Morgan fingerprint density at radius 2 is 1.83 bits per heavy atom. The van der Waals surface area contributed by atoms with Crippen LogP contribution in [-0.2, 0) is 17.5 Å². The van der Waals surface area contributed by atoms with E-state index in [-0.39, 0.29) is 5.82 Å². The van der Waals surface area contributed by atoms with Gasteiger partial charge in [0.05, 0.1) is 6.61 Å². The Hall–Kier alpha value is -3.13. The second-order valence-corrected chi connectivity index (χ2v) is 6.17. The van der Waals surface area contributed by atoms with Gasteiger partial charge < -0.3 is 14.8 Å². The van der Waals surface area contributed by atoms with Crippen LogP contribution in [0.2, 0.25) is 0 Å². The number of benzene rings is 1. The number of methoxy groups -OCH3 is 1. The Kier molecular flexibility index (Phi) is 6.66. The van der Waals surface area contributed by atoms with Crippen molar-refractivity contribution in [3.63, 3.8) is 0 Å². The van der Waals surface area contributed by atoms with Gasteiger partial charge in [-0.1, -0.05) is 30.3 Å². The Morgan fingerprint density at radius 1 is 1.03 bits per heavy atom. The lowest BCUT2D eigenvalue weighted by molar-refractivity contribution is -0.141. The average molecular weight is 403 g/mol. The summed E-state index contributed by atoms with van der Waals surface area (Å²) in [5, 5.41) is 2.91. The molecule has 0 saturated heterocycles. The average Bonchev–Trinajstić information content (AvgIpc) is 2.73. The molecule has 0 radical (unpaired) electrons. The number of hydrogen-bond donors (Lipinski definition) is 1. The van der Waals surface area contributed by atoms with Crippen molar-refractivity contribution in [1.82, 2.24) is 9.97 Å². The second-order valence-electron chi connectivity index (χ2n) is 6.17. The number of aromatic nitrogens is 2. The molecular formula is C21H20F3N3O2. The molecule has 0 aliphatic carbocycles. The molecule has 3 aromatic rings. The smallest absolute Gasteiger partial charge is 0.433 e. The third kappa shape index (κ3) is 5.68. The van der Waals surface area contributed by atoms with Crippen LogP contribution in [0, 0.1) is 0 Å². The molecule has 29 heavy (non-hydrogen) atoms. The zero-order valence-electron chi connectivity index (χ0n) is 15.7. The van der Waals surface area contributed by atoms with Crippen LogP contribution < -0.4 is 10.1 Å². The largest absolute Gasteiger partial charge is 0.473 e. The van der Waals surface area contributed by atoms with E-state index in [9.17, 15) is 13.2 Å². The number of nitrogens with one attached hydrogen (secondary N) is 1. The molecule has 8 heteroatoms. The zero-order chi connectivity index (χ0) is 20.7. The first kappa shape index (κ1) is 20.6. The second kappa shape index (κ2) is 9.38. The van der Waals surface area contributed by atoms with Crippen molar-refractivity contribution in [3.8, 4) is 17.0 Å². The molecule has 2 heterocycles. The van der Waals surface area contributed by atoms with Gasteiger partial charge in [-0.25, -0.2) is 9.97 Å². The minimum absolute atomic E-state index is 0.122. The van der Waals surface area contributed by atoms with E-state index < -0.39 is 11.9 Å². The quantitative estimate of drug-likeness (QED) is 0.548. The van der Waals surface area contributed by atoms with Gasteiger partial charge in [0, 0.05) is 31.5 Å². The van der Waals surface area contributed by atoms with Gasteiger partial charge in [0.1, 0.15) is 18.1 Å². The summed E-state index contributed by atoms with van der Waals surface area (Å²) in [5.41, 5.74) is 1.18. The summed E-state index contributed by atoms with van der Waals surface area (Å²) in [6, 6.07) is 15.3. The maximum atomic E-state index is 13.1. The highest BCUT2D eigenvalue weighted by Gasteiger charge is 2.33. The molecule has 0 aliphatic rings. The standard InChI is InChI=1S/C21H20F3N3O2/c1-28-12-11-26-20-17(7-8-18(27-20)21(22,23)24)16-9-10-25-19(13-16)29-14-15-5-3-2-4-6-15/h2-10,13H,11-12,14H2,1H3,(H,26,27). The number of anilines is 1. The summed E-state index contributed by atoms with van der Waals surface area (Å²) in [5.74, 6) is 0.492. The highest BCUT2D eigenvalue weighted by atomic mass is 19.4. The third-order valence-corrected chi connectivity index (χ3v) is 4.06. The van der Waals surface area contributed by atoms with E-state index in [0.29, 0.717) is 36.8 Å². The number of pyridine rings is 2. The summed E-state index contributed by atoms with van der Waals surface area (Å²) in [7, 11) is 1.52. The van der Waals surface area contributed by atoms with Crippen molar-refractivity contribution in [2.45, 2.75) is 12.8 Å². The molecular weight excluding hydrogens is 383 g/mol. The lowest BCUT2D eigenvalue weighted by atomic mass is 10.1. The SMILES string of the molecule is COCCNc1nc(C(F)(F)F)ccc1-c1ccnc(OCc2ccccc2)c1. The maximum Gasteiger partial charge on any atom is 0.433 e. The molecule has 0 saturated carbocycles. The van der Waals surface area contributed by atoms with Gasteiger partial charge in [-0.3, -0.25) is 0 Å². The van der Waals surface area contributed by atoms with Crippen LogP contribution in [0.15, 0.2) is 60.8 Å². The van der Waals surface area contributed by atoms with Crippen molar-refractivity contribution >= 4 is 5.82 Å². The molecule has 3 rings (SSSR count). The third-order valence-electron chi connectivity index (χ3n) is 4.06. The van der Waals surface area contributed by atoms with Crippen molar-refractivity contribution in [2.24, 2.45) is 0 Å². The predicted octanol–water partition coefficient (Wildman–Crippen LogP) is 4.80. The first-order valence-corrected chi connectivity index (χ1v) is 8.91. The first-order valence-electron chi connectivity index (χ1n) is 8.91. The normalized spacial score (nSPS) is 11.3. The number of rotatable bonds is 8. The van der Waals surface area contributed by atoms with Gasteiger partial charge >= 0.3 is 6.18 Å². The Labute approximate surface area is 166 Å². The minimum atomic E-state index is -4.53. The van der Waals surface area contributed by atoms with Gasteiger partial charge in [-0.2, -0.15) is 13.2 Å². The molecule has 0 unspecified atom stereocenters. The number of ether oxygens (including phenoxy) is 2. The molecule has 2 aromatic heterocycles. The number of halogens is 3. The highest BCUT2D eigenvalue weighted by Crippen LogP contribution is 2.34. The highest BCUT2D eigenvalue weighted by molar-refractivity contribution is 5.75. The Balaban J connectivity index is 1.86. The van der Waals surface area contributed by atoms with E-state index in [1.54, 1.807) is 18.3 Å².